The minimum atomic E-state index is -0.275. The van der Waals surface area contributed by atoms with Crippen LogP contribution in [0.4, 0.5) is 14.3 Å². The molecule has 3 rings (SSSR count). The van der Waals surface area contributed by atoms with Gasteiger partial charge in [0.2, 0.25) is 0 Å². The zero-order valence-corrected chi connectivity index (χ0v) is 14.6. The topological polar surface area (TPSA) is 57.3 Å². The Labute approximate surface area is 144 Å². The van der Waals surface area contributed by atoms with Gasteiger partial charge in [-0.2, -0.15) is 0 Å². The summed E-state index contributed by atoms with van der Waals surface area (Å²) in [6.45, 7) is 6.17. The van der Waals surface area contributed by atoms with Gasteiger partial charge in [0.1, 0.15) is 5.82 Å². The Bertz CT molecular complexity index is 701. The van der Waals surface area contributed by atoms with Gasteiger partial charge in [0.15, 0.2) is 5.13 Å². The first-order chi connectivity index (χ1) is 11.5. The molecule has 0 spiro atoms. The van der Waals surface area contributed by atoms with Crippen LogP contribution in [0.3, 0.4) is 0 Å². The van der Waals surface area contributed by atoms with Gasteiger partial charge in [-0.1, -0.05) is 26.0 Å². The van der Waals surface area contributed by atoms with Gasteiger partial charge in [-0.25, -0.2) is 14.2 Å². The molecule has 2 aromatic rings. The summed E-state index contributed by atoms with van der Waals surface area (Å²) in [7, 11) is 0. The highest BCUT2D eigenvalue weighted by Gasteiger charge is 2.28. The molecule has 2 amide bonds. The van der Waals surface area contributed by atoms with Crippen molar-refractivity contribution in [3.05, 3.63) is 46.7 Å². The van der Waals surface area contributed by atoms with Gasteiger partial charge in [-0.15, -0.1) is 11.3 Å². The number of nitrogens with one attached hydrogen (secondary N) is 2. The van der Waals surface area contributed by atoms with Gasteiger partial charge in [0.05, 0.1) is 6.04 Å². The maximum Gasteiger partial charge on any atom is 0.324 e. The van der Waals surface area contributed by atoms with Gasteiger partial charge < -0.3 is 10.2 Å². The van der Waals surface area contributed by atoms with E-state index in [0.29, 0.717) is 24.1 Å². The molecule has 1 aliphatic heterocycles. The lowest BCUT2D eigenvalue weighted by molar-refractivity contribution is 0.171. The summed E-state index contributed by atoms with van der Waals surface area (Å²) < 4.78 is 13.1. The third-order valence-corrected chi connectivity index (χ3v) is 5.28. The number of carbonyl (C=O) groups excluding carboxylic acids is 1. The third kappa shape index (κ3) is 3.73. The summed E-state index contributed by atoms with van der Waals surface area (Å²) in [6, 6.07) is 6.02. The Morgan fingerprint density at radius 2 is 2.17 bits per heavy atom. The normalized spacial score (nSPS) is 18.0. The van der Waals surface area contributed by atoms with Crippen molar-refractivity contribution in [1.82, 2.24) is 15.2 Å². The second kappa shape index (κ2) is 7.27. The summed E-state index contributed by atoms with van der Waals surface area (Å²) in [5, 5.41) is 6.79. The van der Waals surface area contributed by atoms with Crippen LogP contribution in [0, 0.1) is 5.82 Å². The van der Waals surface area contributed by atoms with E-state index >= 15 is 0 Å². The van der Waals surface area contributed by atoms with Crippen molar-refractivity contribution < 1.29 is 9.18 Å². The number of piperazine rings is 1. The number of carbonyl (C=O) groups is 1. The number of amides is 2. The molecule has 2 heterocycles. The molecular weight excluding hydrogens is 327 g/mol. The zero-order valence-electron chi connectivity index (χ0n) is 13.8. The molecule has 1 aromatic heterocycles. The van der Waals surface area contributed by atoms with Crippen LogP contribution >= 0.6 is 11.3 Å². The minimum Gasteiger partial charge on any atom is -0.315 e. The Hall–Kier alpha value is -1.99. The summed E-state index contributed by atoms with van der Waals surface area (Å²) in [5.74, 6) is 0.113. The van der Waals surface area contributed by atoms with Crippen molar-refractivity contribution in [2.75, 3.05) is 25.0 Å². The highest BCUT2D eigenvalue weighted by atomic mass is 32.1. The van der Waals surface area contributed by atoms with Gasteiger partial charge in [-0.3, -0.25) is 5.32 Å². The Morgan fingerprint density at radius 1 is 1.42 bits per heavy atom. The summed E-state index contributed by atoms with van der Waals surface area (Å²) >= 11 is 1.50. The highest BCUT2D eigenvalue weighted by molar-refractivity contribution is 7.15. The highest BCUT2D eigenvalue weighted by Crippen LogP contribution is 2.27. The summed E-state index contributed by atoms with van der Waals surface area (Å²) in [5.41, 5.74) is 0.917. The summed E-state index contributed by atoms with van der Waals surface area (Å²) in [6.07, 6.45) is 1.81. The van der Waals surface area contributed by atoms with E-state index in [1.54, 1.807) is 23.2 Å². The zero-order chi connectivity index (χ0) is 17.1. The minimum absolute atomic E-state index is 0.121. The average Bonchev–Trinajstić information content (AvgIpc) is 3.04. The largest absolute Gasteiger partial charge is 0.324 e. The molecule has 0 bridgehead atoms. The Kier molecular flexibility index (Phi) is 5.11. The van der Waals surface area contributed by atoms with Crippen molar-refractivity contribution in [2.24, 2.45) is 0 Å². The fourth-order valence-corrected chi connectivity index (χ4v) is 3.51. The molecule has 7 heteroatoms. The van der Waals surface area contributed by atoms with Crippen LogP contribution in [0.2, 0.25) is 0 Å². The molecule has 1 unspecified atom stereocenters. The smallest absolute Gasteiger partial charge is 0.315 e. The van der Waals surface area contributed by atoms with E-state index < -0.39 is 0 Å². The number of thiazole rings is 1. The molecule has 1 aliphatic rings. The van der Waals surface area contributed by atoms with Crippen LogP contribution < -0.4 is 10.6 Å². The molecule has 0 saturated carbocycles. The number of rotatable bonds is 3. The molecule has 0 aliphatic carbocycles. The molecule has 128 valence electrons. The van der Waals surface area contributed by atoms with E-state index in [-0.39, 0.29) is 17.9 Å². The maximum atomic E-state index is 13.1. The number of hydrogen-bond acceptors (Lipinski definition) is 4. The van der Waals surface area contributed by atoms with Gasteiger partial charge in [0, 0.05) is 30.7 Å². The molecule has 1 aromatic carbocycles. The predicted molar refractivity (Wildman–Crippen MR) is 93.9 cm³/mol. The molecule has 24 heavy (non-hydrogen) atoms. The van der Waals surface area contributed by atoms with E-state index in [2.05, 4.69) is 29.5 Å². The first kappa shape index (κ1) is 16.9. The first-order valence-corrected chi connectivity index (χ1v) is 8.86. The molecule has 1 saturated heterocycles. The van der Waals surface area contributed by atoms with Crippen molar-refractivity contribution in [1.29, 1.82) is 0 Å². The van der Waals surface area contributed by atoms with Gasteiger partial charge in [0.25, 0.3) is 0 Å². The van der Waals surface area contributed by atoms with E-state index in [4.69, 9.17) is 0 Å². The monoisotopic (exact) mass is 348 g/mol. The quantitative estimate of drug-likeness (QED) is 0.891. The second-order valence-electron chi connectivity index (χ2n) is 6.12. The lowest BCUT2D eigenvalue weighted by Gasteiger charge is -2.36. The van der Waals surface area contributed by atoms with E-state index in [1.807, 2.05) is 0 Å². The maximum absolute atomic E-state index is 13.1. The first-order valence-electron chi connectivity index (χ1n) is 8.04. The number of urea groups is 1. The predicted octanol–water partition coefficient (Wildman–Crippen LogP) is 3.58. The average molecular weight is 348 g/mol. The van der Waals surface area contributed by atoms with Crippen molar-refractivity contribution in [3.63, 3.8) is 0 Å². The standard InChI is InChI=1S/C17H21FN4OS/c1-11(2)15-10-20-16(24-15)21-17(23)22-8-7-19-9-14(22)12-3-5-13(18)6-4-12/h3-6,10-11,14,19H,7-9H2,1-2H3,(H,20,21,23). The number of hydrogen-bond donors (Lipinski definition) is 2. The summed E-state index contributed by atoms with van der Waals surface area (Å²) in [4.78, 5) is 19.9. The van der Waals surface area contributed by atoms with Crippen LogP contribution in [0.1, 0.15) is 36.2 Å². The molecule has 1 atom stereocenters. The number of anilines is 1. The fourth-order valence-electron chi connectivity index (χ4n) is 2.70. The Morgan fingerprint density at radius 3 is 2.83 bits per heavy atom. The van der Waals surface area contributed by atoms with Crippen LogP contribution in [-0.4, -0.2) is 35.5 Å². The van der Waals surface area contributed by atoms with Gasteiger partial charge in [-0.05, 0) is 23.6 Å². The fraction of sp³-hybridized carbons (Fsp3) is 0.412. The second-order valence-corrected chi connectivity index (χ2v) is 7.18. The van der Waals surface area contributed by atoms with Crippen LogP contribution in [0.15, 0.2) is 30.5 Å². The molecule has 1 fully saturated rings. The van der Waals surface area contributed by atoms with E-state index in [0.717, 1.165) is 17.0 Å². The van der Waals surface area contributed by atoms with E-state index in [1.165, 1.54) is 23.5 Å². The van der Waals surface area contributed by atoms with Crippen LogP contribution in [0.5, 0.6) is 0 Å². The van der Waals surface area contributed by atoms with Crippen molar-refractivity contribution in [3.8, 4) is 0 Å². The van der Waals surface area contributed by atoms with E-state index in [9.17, 15) is 9.18 Å². The molecule has 0 radical (unpaired) electrons. The molecular formula is C17H21FN4OS. The Balaban J connectivity index is 1.74. The lowest BCUT2D eigenvalue weighted by Crippen LogP contribution is -2.50. The lowest BCUT2D eigenvalue weighted by atomic mass is 10.0. The van der Waals surface area contributed by atoms with Crippen molar-refractivity contribution in [2.45, 2.75) is 25.8 Å². The number of benzene rings is 1. The van der Waals surface area contributed by atoms with Gasteiger partial charge >= 0.3 is 6.03 Å². The van der Waals surface area contributed by atoms with Crippen molar-refractivity contribution >= 4 is 22.5 Å². The molecule has 5 nitrogen and oxygen atoms in total. The third-order valence-electron chi connectivity index (χ3n) is 4.07. The number of nitrogens with zero attached hydrogens (tertiary/aromatic N) is 2. The van der Waals surface area contributed by atoms with Crippen LogP contribution in [0.25, 0.3) is 0 Å². The van der Waals surface area contributed by atoms with Crippen LogP contribution in [-0.2, 0) is 0 Å². The number of halogens is 1. The SMILES string of the molecule is CC(C)c1cnc(NC(=O)N2CCNCC2c2ccc(F)cc2)s1. The molecule has 2 N–H and O–H groups in total. The number of aromatic nitrogens is 1.